The average molecular weight is 373 g/mol. The second-order valence-corrected chi connectivity index (χ2v) is 6.55. The molecule has 0 spiro atoms. The zero-order valence-corrected chi connectivity index (χ0v) is 12.7. The van der Waals surface area contributed by atoms with Gasteiger partial charge >= 0.3 is 0 Å². The van der Waals surface area contributed by atoms with Gasteiger partial charge in [-0.05, 0) is 30.3 Å². The van der Waals surface area contributed by atoms with Crippen molar-refractivity contribution in [1.29, 1.82) is 5.26 Å². The third kappa shape index (κ3) is 3.37. The number of rotatable bonds is 3. The average Bonchev–Trinajstić information content (AvgIpc) is 2.40. The van der Waals surface area contributed by atoms with Gasteiger partial charge in [0, 0.05) is 10.5 Å². The molecule has 0 aliphatic rings. The molecule has 0 unspecified atom stereocenters. The Hall–Kier alpha value is -1.98. The van der Waals surface area contributed by atoms with Gasteiger partial charge in [-0.1, -0.05) is 15.9 Å². The van der Waals surface area contributed by atoms with E-state index in [1.165, 1.54) is 18.2 Å². The summed E-state index contributed by atoms with van der Waals surface area (Å²) < 4.78 is 53.3. The van der Waals surface area contributed by atoms with Crippen molar-refractivity contribution < 1.29 is 17.2 Å². The minimum Gasteiger partial charge on any atom is -0.278 e. The number of nitriles is 1. The fourth-order valence-electron chi connectivity index (χ4n) is 1.59. The van der Waals surface area contributed by atoms with Crippen molar-refractivity contribution in [2.24, 2.45) is 0 Å². The number of halogens is 3. The lowest BCUT2D eigenvalue weighted by atomic mass is 10.2. The minimum absolute atomic E-state index is 0.00410. The molecule has 0 heterocycles. The first-order valence-electron chi connectivity index (χ1n) is 5.51. The largest absolute Gasteiger partial charge is 0.278 e. The molecule has 0 amide bonds. The van der Waals surface area contributed by atoms with Gasteiger partial charge in [-0.2, -0.15) is 5.26 Å². The van der Waals surface area contributed by atoms with Crippen LogP contribution in [0.3, 0.4) is 0 Å². The SMILES string of the molecule is N#Cc1cc(Br)ccc1NS(=O)(=O)c1ccc(F)cc1F. The predicted octanol–water partition coefficient (Wildman–Crippen LogP) is 3.40. The molecule has 0 aromatic heterocycles. The van der Waals surface area contributed by atoms with Gasteiger partial charge in [-0.3, -0.25) is 4.72 Å². The molecule has 4 nitrogen and oxygen atoms in total. The first-order chi connectivity index (χ1) is 9.83. The van der Waals surface area contributed by atoms with Gasteiger partial charge in [-0.25, -0.2) is 17.2 Å². The molecule has 0 saturated carbocycles. The van der Waals surface area contributed by atoms with E-state index in [-0.39, 0.29) is 11.3 Å². The molecule has 2 rings (SSSR count). The van der Waals surface area contributed by atoms with Gasteiger partial charge in [-0.15, -0.1) is 0 Å². The van der Waals surface area contributed by atoms with E-state index in [1.54, 1.807) is 0 Å². The van der Waals surface area contributed by atoms with Crippen LogP contribution in [0.1, 0.15) is 5.56 Å². The summed E-state index contributed by atoms with van der Waals surface area (Å²) in [5, 5.41) is 8.97. The maximum Gasteiger partial charge on any atom is 0.264 e. The van der Waals surface area contributed by atoms with Crippen LogP contribution < -0.4 is 4.72 Å². The van der Waals surface area contributed by atoms with E-state index in [0.717, 1.165) is 12.1 Å². The van der Waals surface area contributed by atoms with Crippen molar-refractivity contribution in [3.8, 4) is 6.07 Å². The van der Waals surface area contributed by atoms with Crippen molar-refractivity contribution in [2.45, 2.75) is 4.90 Å². The third-order valence-corrected chi connectivity index (χ3v) is 4.42. The summed E-state index contributed by atoms with van der Waals surface area (Å²) in [4.78, 5) is -0.698. The molecule has 1 N–H and O–H groups in total. The Balaban J connectivity index is 2.45. The monoisotopic (exact) mass is 372 g/mol. The van der Waals surface area contributed by atoms with Crippen LogP contribution in [0.25, 0.3) is 0 Å². The molecule has 2 aromatic carbocycles. The van der Waals surface area contributed by atoms with E-state index >= 15 is 0 Å². The summed E-state index contributed by atoms with van der Waals surface area (Å²) in [5.41, 5.74) is 0.0693. The van der Waals surface area contributed by atoms with E-state index in [4.69, 9.17) is 5.26 Å². The normalized spacial score (nSPS) is 11.0. The smallest absolute Gasteiger partial charge is 0.264 e. The minimum atomic E-state index is -4.26. The van der Waals surface area contributed by atoms with Crippen LogP contribution in [-0.4, -0.2) is 8.42 Å². The number of anilines is 1. The first kappa shape index (κ1) is 15.4. The predicted molar refractivity (Wildman–Crippen MR) is 76.0 cm³/mol. The summed E-state index contributed by atoms with van der Waals surface area (Å²) >= 11 is 3.15. The van der Waals surface area contributed by atoms with Crippen LogP contribution in [0.2, 0.25) is 0 Å². The van der Waals surface area contributed by atoms with Gasteiger partial charge in [0.25, 0.3) is 10.0 Å². The fourth-order valence-corrected chi connectivity index (χ4v) is 3.09. The van der Waals surface area contributed by atoms with Crippen molar-refractivity contribution in [2.75, 3.05) is 4.72 Å². The first-order valence-corrected chi connectivity index (χ1v) is 7.78. The van der Waals surface area contributed by atoms with E-state index in [2.05, 4.69) is 20.7 Å². The summed E-state index contributed by atoms with van der Waals surface area (Å²) in [5.74, 6) is -2.09. The van der Waals surface area contributed by atoms with Crippen LogP contribution in [0, 0.1) is 23.0 Å². The van der Waals surface area contributed by atoms with E-state index in [0.29, 0.717) is 10.5 Å². The van der Waals surface area contributed by atoms with Gasteiger partial charge < -0.3 is 0 Å². The van der Waals surface area contributed by atoms with E-state index in [9.17, 15) is 17.2 Å². The summed E-state index contributed by atoms with van der Waals surface area (Å²) in [6, 6.07) is 8.26. The highest BCUT2D eigenvalue weighted by atomic mass is 79.9. The molecule has 8 heteroatoms. The summed E-state index contributed by atoms with van der Waals surface area (Å²) in [6.07, 6.45) is 0. The number of sulfonamides is 1. The molecular weight excluding hydrogens is 366 g/mol. The topological polar surface area (TPSA) is 70.0 Å². The Morgan fingerprint density at radius 3 is 2.48 bits per heavy atom. The van der Waals surface area contributed by atoms with Gasteiger partial charge in [0.1, 0.15) is 22.6 Å². The molecule has 21 heavy (non-hydrogen) atoms. The molecule has 108 valence electrons. The third-order valence-electron chi connectivity index (χ3n) is 2.53. The highest BCUT2D eigenvalue weighted by molar-refractivity contribution is 9.10. The quantitative estimate of drug-likeness (QED) is 0.897. The van der Waals surface area contributed by atoms with E-state index in [1.807, 2.05) is 6.07 Å². The molecule has 0 atom stereocenters. The summed E-state index contributed by atoms with van der Waals surface area (Å²) in [6.45, 7) is 0. The molecule has 2 aromatic rings. The fraction of sp³-hybridized carbons (Fsp3) is 0. The number of hydrogen-bond donors (Lipinski definition) is 1. The zero-order valence-electron chi connectivity index (χ0n) is 10.3. The highest BCUT2D eigenvalue weighted by Crippen LogP contribution is 2.24. The standard InChI is InChI=1S/C13H7BrF2N2O2S/c14-9-1-3-12(8(5-9)7-17)18-21(19,20)13-4-2-10(15)6-11(13)16/h1-6,18H. The molecule has 0 radical (unpaired) electrons. The molecule has 0 fully saturated rings. The lowest BCUT2D eigenvalue weighted by Crippen LogP contribution is -2.15. The maximum atomic E-state index is 13.6. The molecule has 0 aliphatic carbocycles. The van der Waals surface area contributed by atoms with Crippen molar-refractivity contribution in [1.82, 2.24) is 0 Å². The van der Waals surface area contributed by atoms with Crippen LogP contribution in [0.5, 0.6) is 0 Å². The van der Waals surface area contributed by atoms with Gasteiger partial charge in [0.15, 0.2) is 0 Å². The lowest BCUT2D eigenvalue weighted by Gasteiger charge is -2.10. The van der Waals surface area contributed by atoms with E-state index < -0.39 is 26.6 Å². The number of benzene rings is 2. The lowest BCUT2D eigenvalue weighted by molar-refractivity contribution is 0.551. The van der Waals surface area contributed by atoms with Gasteiger partial charge in [0.2, 0.25) is 0 Å². The highest BCUT2D eigenvalue weighted by Gasteiger charge is 2.21. The van der Waals surface area contributed by atoms with Crippen LogP contribution >= 0.6 is 15.9 Å². The van der Waals surface area contributed by atoms with Crippen molar-refractivity contribution >= 4 is 31.6 Å². The number of hydrogen-bond acceptors (Lipinski definition) is 3. The van der Waals surface area contributed by atoms with Crippen molar-refractivity contribution in [3.05, 3.63) is 58.1 Å². The number of nitrogens with zero attached hydrogens (tertiary/aromatic N) is 1. The maximum absolute atomic E-state index is 13.6. The Morgan fingerprint density at radius 2 is 1.86 bits per heavy atom. The number of nitrogens with one attached hydrogen (secondary N) is 1. The molecule has 0 aliphatic heterocycles. The molecule has 0 saturated heterocycles. The van der Waals surface area contributed by atoms with Gasteiger partial charge in [0.05, 0.1) is 11.3 Å². The Bertz CT molecular complexity index is 848. The second kappa shape index (κ2) is 5.79. The molecule has 0 bridgehead atoms. The Kier molecular flexibility index (Phi) is 4.25. The molecular formula is C13H7BrF2N2O2S. The Labute approximate surface area is 128 Å². The van der Waals surface area contributed by atoms with Crippen LogP contribution in [0.15, 0.2) is 45.8 Å². The summed E-state index contributed by atoms with van der Waals surface area (Å²) in [7, 11) is -4.26. The second-order valence-electron chi connectivity index (χ2n) is 3.98. The van der Waals surface area contributed by atoms with Crippen LogP contribution in [0.4, 0.5) is 14.5 Å². The Morgan fingerprint density at radius 1 is 1.14 bits per heavy atom. The zero-order chi connectivity index (χ0) is 15.6. The van der Waals surface area contributed by atoms with Crippen molar-refractivity contribution in [3.63, 3.8) is 0 Å². The van der Waals surface area contributed by atoms with Crippen LogP contribution in [-0.2, 0) is 10.0 Å².